The highest BCUT2D eigenvalue weighted by atomic mass is 32.2. The van der Waals surface area contributed by atoms with Crippen LogP contribution in [0.15, 0.2) is 0 Å². The molecule has 0 spiro atoms. The second-order valence-electron chi connectivity index (χ2n) is 3.46. The van der Waals surface area contributed by atoms with Crippen LogP contribution in [0.4, 0.5) is 9.59 Å². The van der Waals surface area contributed by atoms with Crippen molar-refractivity contribution >= 4 is 34.1 Å². The summed E-state index contributed by atoms with van der Waals surface area (Å²) in [5.41, 5.74) is 0. The van der Waals surface area contributed by atoms with E-state index >= 15 is 0 Å². The third-order valence-electron chi connectivity index (χ3n) is 2.25. The van der Waals surface area contributed by atoms with Gasteiger partial charge >= 0.3 is 10.6 Å². The second-order valence-corrected chi connectivity index (χ2v) is 5.48. The van der Waals surface area contributed by atoms with Crippen LogP contribution in [0.3, 0.4) is 0 Å². The second kappa shape index (κ2) is 9.84. The monoisotopic (exact) mass is 266 g/mol. The molecule has 16 heavy (non-hydrogen) atoms. The zero-order chi connectivity index (χ0) is 12.4. The van der Waals surface area contributed by atoms with Gasteiger partial charge in [0.1, 0.15) is 0 Å². The molecule has 0 aromatic rings. The Morgan fingerprint density at radius 3 is 2.25 bits per heavy atom. The van der Waals surface area contributed by atoms with Gasteiger partial charge in [-0.2, -0.15) is 0 Å². The molecule has 1 unspecified atom stereocenters. The SMILES string of the molecule is CCC(CCCCSC(=O)O)CSC(=O)O. The van der Waals surface area contributed by atoms with Crippen molar-refractivity contribution in [1.82, 2.24) is 0 Å². The van der Waals surface area contributed by atoms with Crippen LogP contribution in [-0.4, -0.2) is 32.3 Å². The van der Waals surface area contributed by atoms with Gasteiger partial charge in [0.15, 0.2) is 0 Å². The summed E-state index contributed by atoms with van der Waals surface area (Å²) >= 11 is 1.88. The first-order valence-corrected chi connectivity index (χ1v) is 7.24. The summed E-state index contributed by atoms with van der Waals surface area (Å²) in [7, 11) is 0. The van der Waals surface area contributed by atoms with Crippen LogP contribution in [0.25, 0.3) is 0 Å². The number of unbranched alkanes of at least 4 members (excludes halogenated alkanes) is 1. The molecule has 0 aromatic carbocycles. The Labute approximate surface area is 104 Å². The maximum Gasteiger partial charge on any atom is 0.364 e. The van der Waals surface area contributed by atoms with Gasteiger partial charge in [0, 0.05) is 11.5 Å². The van der Waals surface area contributed by atoms with Gasteiger partial charge in [-0.25, -0.2) is 9.59 Å². The highest BCUT2D eigenvalue weighted by Crippen LogP contribution is 2.19. The molecule has 2 N–H and O–H groups in total. The number of carbonyl (C=O) groups is 2. The van der Waals surface area contributed by atoms with Crippen LogP contribution >= 0.6 is 23.5 Å². The van der Waals surface area contributed by atoms with Crippen molar-refractivity contribution < 1.29 is 19.8 Å². The average Bonchev–Trinajstić information content (AvgIpc) is 2.21. The third-order valence-corrected chi connectivity index (χ3v) is 3.88. The first-order chi connectivity index (χ1) is 7.56. The molecule has 0 aliphatic carbocycles. The van der Waals surface area contributed by atoms with Crippen LogP contribution in [0, 0.1) is 5.92 Å². The molecule has 1 atom stereocenters. The minimum Gasteiger partial charge on any atom is -0.473 e. The van der Waals surface area contributed by atoms with E-state index in [0.717, 1.165) is 49.2 Å². The lowest BCUT2D eigenvalue weighted by Gasteiger charge is -2.12. The van der Waals surface area contributed by atoms with Crippen LogP contribution in [0.5, 0.6) is 0 Å². The Morgan fingerprint density at radius 1 is 1.12 bits per heavy atom. The first-order valence-electron chi connectivity index (χ1n) is 5.27. The van der Waals surface area contributed by atoms with Crippen molar-refractivity contribution in [3.05, 3.63) is 0 Å². The van der Waals surface area contributed by atoms with E-state index in [1.54, 1.807) is 0 Å². The molecular formula is C10H18O4S2. The van der Waals surface area contributed by atoms with Crippen molar-refractivity contribution in [2.24, 2.45) is 5.92 Å². The van der Waals surface area contributed by atoms with Gasteiger partial charge in [0.05, 0.1) is 0 Å². The first kappa shape index (κ1) is 15.6. The van der Waals surface area contributed by atoms with Crippen LogP contribution in [0.1, 0.15) is 32.6 Å². The lowest BCUT2D eigenvalue weighted by Crippen LogP contribution is -2.04. The zero-order valence-corrected chi connectivity index (χ0v) is 11.0. The van der Waals surface area contributed by atoms with Gasteiger partial charge < -0.3 is 10.2 Å². The fourth-order valence-corrected chi connectivity index (χ4v) is 2.59. The Hall–Kier alpha value is -0.360. The molecule has 0 saturated heterocycles. The Morgan fingerprint density at radius 2 is 1.75 bits per heavy atom. The Balaban J connectivity index is 3.47. The van der Waals surface area contributed by atoms with E-state index in [1.807, 2.05) is 0 Å². The molecule has 0 aromatic heterocycles. The molecule has 0 radical (unpaired) electrons. The lowest BCUT2D eigenvalue weighted by molar-refractivity contribution is 0.221. The van der Waals surface area contributed by atoms with Crippen molar-refractivity contribution in [1.29, 1.82) is 0 Å². The highest BCUT2D eigenvalue weighted by molar-refractivity contribution is 8.13. The van der Waals surface area contributed by atoms with E-state index in [-0.39, 0.29) is 0 Å². The Kier molecular flexibility index (Phi) is 9.62. The predicted octanol–water partition coefficient (Wildman–Crippen LogP) is 4.01. The van der Waals surface area contributed by atoms with E-state index < -0.39 is 10.6 Å². The number of hydrogen-bond donors (Lipinski definition) is 2. The van der Waals surface area contributed by atoms with E-state index in [9.17, 15) is 9.59 Å². The molecule has 0 aliphatic rings. The smallest absolute Gasteiger partial charge is 0.364 e. The van der Waals surface area contributed by atoms with Crippen LogP contribution < -0.4 is 0 Å². The lowest BCUT2D eigenvalue weighted by atomic mass is 10.0. The molecule has 0 heterocycles. The molecule has 0 rings (SSSR count). The number of rotatable bonds is 8. The predicted molar refractivity (Wildman–Crippen MR) is 68.6 cm³/mol. The molecule has 94 valence electrons. The van der Waals surface area contributed by atoms with E-state index in [1.165, 1.54) is 0 Å². The van der Waals surface area contributed by atoms with Gasteiger partial charge in [-0.05, 0) is 42.3 Å². The highest BCUT2D eigenvalue weighted by Gasteiger charge is 2.09. The van der Waals surface area contributed by atoms with E-state index in [4.69, 9.17) is 10.2 Å². The molecule has 0 saturated carbocycles. The summed E-state index contributed by atoms with van der Waals surface area (Å²) in [6, 6.07) is 0. The molecule has 0 aliphatic heterocycles. The summed E-state index contributed by atoms with van der Waals surface area (Å²) in [4.78, 5) is 20.6. The summed E-state index contributed by atoms with van der Waals surface area (Å²) in [6.45, 7) is 2.05. The fourth-order valence-electron chi connectivity index (χ4n) is 1.29. The topological polar surface area (TPSA) is 74.6 Å². The van der Waals surface area contributed by atoms with Gasteiger partial charge in [-0.1, -0.05) is 19.8 Å². The van der Waals surface area contributed by atoms with Gasteiger partial charge in [-0.15, -0.1) is 0 Å². The van der Waals surface area contributed by atoms with Crippen molar-refractivity contribution in [3.63, 3.8) is 0 Å². The fraction of sp³-hybridized carbons (Fsp3) is 0.800. The molecule has 0 bridgehead atoms. The van der Waals surface area contributed by atoms with E-state index in [2.05, 4.69) is 6.92 Å². The normalized spacial score (nSPS) is 12.3. The van der Waals surface area contributed by atoms with Crippen LogP contribution in [-0.2, 0) is 0 Å². The maximum absolute atomic E-state index is 10.4. The standard InChI is InChI=1S/C10H18O4S2/c1-2-8(7-16-10(13)14)5-3-4-6-15-9(11)12/h8H,2-7H2,1H3,(H,11,12)(H,13,14). The van der Waals surface area contributed by atoms with Gasteiger partial charge in [0.2, 0.25) is 0 Å². The van der Waals surface area contributed by atoms with Crippen molar-refractivity contribution in [2.45, 2.75) is 32.6 Å². The van der Waals surface area contributed by atoms with Gasteiger partial charge in [-0.3, -0.25) is 0 Å². The average molecular weight is 266 g/mol. The van der Waals surface area contributed by atoms with Crippen molar-refractivity contribution in [3.8, 4) is 0 Å². The maximum atomic E-state index is 10.4. The molecule has 0 amide bonds. The molecule has 6 heteroatoms. The summed E-state index contributed by atoms with van der Waals surface area (Å²) < 4.78 is 0. The number of thioether (sulfide) groups is 2. The van der Waals surface area contributed by atoms with Gasteiger partial charge in [0.25, 0.3) is 0 Å². The molecule has 0 fully saturated rings. The molecule has 4 nitrogen and oxygen atoms in total. The zero-order valence-electron chi connectivity index (χ0n) is 9.35. The van der Waals surface area contributed by atoms with Crippen LogP contribution in [0.2, 0.25) is 0 Å². The summed E-state index contributed by atoms with van der Waals surface area (Å²) in [5, 5.41) is 15.3. The van der Waals surface area contributed by atoms with Crippen molar-refractivity contribution in [2.75, 3.05) is 11.5 Å². The number of hydrogen-bond acceptors (Lipinski definition) is 4. The minimum absolute atomic E-state index is 0.427. The summed E-state index contributed by atoms with van der Waals surface area (Å²) in [6.07, 6.45) is 3.81. The molecular weight excluding hydrogens is 248 g/mol. The Bertz CT molecular complexity index is 221. The third kappa shape index (κ3) is 10.2. The number of carboxylic acid groups (broad SMARTS) is 2. The summed E-state index contributed by atoms with van der Waals surface area (Å²) in [5.74, 6) is 1.71. The largest absolute Gasteiger partial charge is 0.473 e. The quantitative estimate of drug-likeness (QED) is 0.647. The minimum atomic E-state index is -0.825. The van der Waals surface area contributed by atoms with E-state index in [0.29, 0.717) is 17.4 Å².